The summed E-state index contributed by atoms with van der Waals surface area (Å²) in [5.41, 5.74) is 6.90. The highest BCUT2D eigenvalue weighted by molar-refractivity contribution is 7.15. The van der Waals surface area contributed by atoms with Crippen molar-refractivity contribution < 1.29 is 24.0 Å². The third-order valence-electron chi connectivity index (χ3n) is 5.00. The molecule has 1 aliphatic heterocycles. The summed E-state index contributed by atoms with van der Waals surface area (Å²) in [6.07, 6.45) is 3.82. The van der Waals surface area contributed by atoms with Crippen molar-refractivity contribution in [3.05, 3.63) is 16.5 Å². The minimum atomic E-state index is -0.370. The summed E-state index contributed by atoms with van der Waals surface area (Å²) in [5, 5.41) is 5.41. The van der Waals surface area contributed by atoms with E-state index in [1.54, 1.807) is 6.92 Å². The fourth-order valence-corrected chi connectivity index (χ4v) is 4.57. The Kier molecular flexibility index (Phi) is 5.93. The third-order valence-corrected chi connectivity index (χ3v) is 5.91. The van der Waals surface area contributed by atoms with Gasteiger partial charge in [-0.1, -0.05) is 0 Å². The Labute approximate surface area is 156 Å². The molecule has 0 aromatic carbocycles. The third kappa shape index (κ3) is 4.42. The van der Waals surface area contributed by atoms with Crippen LogP contribution in [0.15, 0.2) is 5.38 Å². The number of carbonyl (C=O) groups is 3. The Morgan fingerprint density at radius 2 is 2.12 bits per heavy atom. The fraction of sp³-hybridized carbons (Fsp3) is 0.611. The number of anilines is 1. The van der Waals surface area contributed by atoms with Crippen molar-refractivity contribution in [2.24, 2.45) is 11.7 Å². The lowest BCUT2D eigenvalue weighted by Gasteiger charge is -2.27. The van der Waals surface area contributed by atoms with Crippen LogP contribution < -0.4 is 16.0 Å². The van der Waals surface area contributed by atoms with E-state index in [1.807, 2.05) is 5.38 Å². The normalized spacial score (nSPS) is 22.7. The molecule has 1 unspecified atom stereocenters. The van der Waals surface area contributed by atoms with Crippen LogP contribution in [-0.4, -0.2) is 44.0 Å². The first kappa shape index (κ1) is 18.8. The molecule has 8 heteroatoms. The van der Waals surface area contributed by atoms with Gasteiger partial charge in [-0.3, -0.25) is 9.59 Å². The SMILES string of the molecule is CCOC(=O)c1c(C2CC2)csc1NC(=O)C[NH+]1CCC[C@@H](C(N)=O)C1. The molecule has 2 heterocycles. The van der Waals surface area contributed by atoms with E-state index >= 15 is 0 Å². The summed E-state index contributed by atoms with van der Waals surface area (Å²) >= 11 is 1.38. The van der Waals surface area contributed by atoms with Crippen LogP contribution in [0.25, 0.3) is 0 Å². The number of likely N-dealkylation sites (tertiary alicyclic amines) is 1. The molecular formula is C18H26N3O4S+. The van der Waals surface area contributed by atoms with Crippen molar-refractivity contribution in [3.63, 3.8) is 0 Å². The minimum absolute atomic E-state index is 0.153. The van der Waals surface area contributed by atoms with Gasteiger partial charge in [0.05, 0.1) is 31.2 Å². The minimum Gasteiger partial charge on any atom is -0.462 e. The number of thiophene rings is 1. The number of piperidine rings is 1. The predicted molar refractivity (Wildman–Crippen MR) is 98.4 cm³/mol. The molecule has 2 atom stereocenters. The van der Waals surface area contributed by atoms with Gasteiger partial charge < -0.3 is 20.7 Å². The molecule has 0 radical (unpaired) electrons. The number of nitrogens with two attached hydrogens (primary N) is 1. The van der Waals surface area contributed by atoms with E-state index in [-0.39, 0.29) is 30.2 Å². The van der Waals surface area contributed by atoms with E-state index < -0.39 is 0 Å². The summed E-state index contributed by atoms with van der Waals surface area (Å²) in [5.74, 6) is -0.574. The van der Waals surface area contributed by atoms with Crippen molar-refractivity contribution in [1.82, 2.24) is 0 Å². The highest BCUT2D eigenvalue weighted by Gasteiger charge is 2.33. The van der Waals surface area contributed by atoms with Gasteiger partial charge in [0.25, 0.3) is 5.91 Å². The molecule has 7 nitrogen and oxygen atoms in total. The first-order chi connectivity index (χ1) is 12.5. The molecule has 2 fully saturated rings. The monoisotopic (exact) mass is 380 g/mol. The number of ether oxygens (including phenoxy) is 1. The van der Waals surface area contributed by atoms with Gasteiger partial charge in [-0.2, -0.15) is 0 Å². The number of hydrogen-bond acceptors (Lipinski definition) is 5. The van der Waals surface area contributed by atoms with Gasteiger partial charge in [0, 0.05) is 0 Å². The molecule has 142 valence electrons. The Bertz CT molecular complexity index is 699. The molecule has 0 bridgehead atoms. The lowest BCUT2D eigenvalue weighted by molar-refractivity contribution is -0.899. The smallest absolute Gasteiger partial charge is 0.341 e. The lowest BCUT2D eigenvalue weighted by atomic mass is 9.97. The zero-order chi connectivity index (χ0) is 18.7. The molecular weight excluding hydrogens is 354 g/mol. The zero-order valence-corrected chi connectivity index (χ0v) is 15.8. The number of amides is 2. The number of rotatable bonds is 7. The van der Waals surface area contributed by atoms with Crippen molar-refractivity contribution in [1.29, 1.82) is 0 Å². The van der Waals surface area contributed by atoms with Crippen LogP contribution in [0.3, 0.4) is 0 Å². The fourth-order valence-electron chi connectivity index (χ4n) is 3.52. The van der Waals surface area contributed by atoms with E-state index in [9.17, 15) is 14.4 Å². The zero-order valence-electron chi connectivity index (χ0n) is 15.0. The standard InChI is InChI=1S/C18H25N3O4S/c1-2-25-18(24)15-13(11-5-6-11)10-26-17(15)20-14(22)9-21-7-3-4-12(8-21)16(19)23/h10-12H,2-9H2,1H3,(H2,19,23)(H,20,22)/p+1/t12-/m1/s1. The molecule has 0 spiro atoms. The van der Waals surface area contributed by atoms with Crippen molar-refractivity contribution >= 4 is 34.1 Å². The Morgan fingerprint density at radius 3 is 2.77 bits per heavy atom. The maximum Gasteiger partial charge on any atom is 0.341 e. The molecule has 2 amide bonds. The molecule has 1 saturated heterocycles. The second-order valence-electron chi connectivity index (χ2n) is 7.06. The average molecular weight is 380 g/mol. The molecule has 1 aromatic heterocycles. The number of primary amides is 1. The van der Waals surface area contributed by atoms with Gasteiger partial charge in [-0.05, 0) is 49.5 Å². The van der Waals surface area contributed by atoms with E-state index in [0.29, 0.717) is 29.6 Å². The van der Waals surface area contributed by atoms with E-state index in [0.717, 1.165) is 42.7 Å². The summed E-state index contributed by atoms with van der Waals surface area (Å²) in [7, 11) is 0. The Morgan fingerprint density at radius 1 is 1.35 bits per heavy atom. The Balaban J connectivity index is 1.65. The number of quaternary nitrogens is 1. The van der Waals surface area contributed by atoms with Crippen LogP contribution in [0.2, 0.25) is 0 Å². The van der Waals surface area contributed by atoms with Gasteiger partial charge in [-0.15, -0.1) is 11.3 Å². The van der Waals surface area contributed by atoms with Gasteiger partial charge in [-0.25, -0.2) is 4.79 Å². The second-order valence-corrected chi connectivity index (χ2v) is 7.94. The second kappa shape index (κ2) is 8.18. The van der Waals surface area contributed by atoms with Crippen LogP contribution in [-0.2, 0) is 14.3 Å². The highest BCUT2D eigenvalue weighted by Crippen LogP contribution is 2.46. The molecule has 4 N–H and O–H groups in total. The molecule has 3 rings (SSSR count). The maximum atomic E-state index is 12.5. The van der Waals surface area contributed by atoms with Gasteiger partial charge in [0.15, 0.2) is 6.54 Å². The largest absolute Gasteiger partial charge is 0.462 e. The first-order valence-electron chi connectivity index (χ1n) is 9.20. The molecule has 2 aliphatic rings. The number of esters is 1. The quantitative estimate of drug-likeness (QED) is 0.600. The topological polar surface area (TPSA) is 103 Å². The van der Waals surface area contributed by atoms with Crippen LogP contribution in [0.1, 0.15) is 54.4 Å². The van der Waals surface area contributed by atoms with E-state index in [2.05, 4.69) is 5.32 Å². The van der Waals surface area contributed by atoms with Crippen LogP contribution >= 0.6 is 11.3 Å². The molecule has 1 aromatic rings. The van der Waals surface area contributed by atoms with Crippen LogP contribution in [0.4, 0.5) is 5.00 Å². The van der Waals surface area contributed by atoms with Crippen LogP contribution in [0.5, 0.6) is 0 Å². The summed E-state index contributed by atoms with van der Waals surface area (Å²) in [6, 6.07) is 0. The van der Waals surface area contributed by atoms with Crippen molar-refractivity contribution in [3.8, 4) is 0 Å². The molecule has 1 saturated carbocycles. The lowest BCUT2D eigenvalue weighted by Crippen LogP contribution is -3.14. The van der Waals surface area contributed by atoms with Crippen LogP contribution in [0, 0.1) is 5.92 Å². The summed E-state index contributed by atoms with van der Waals surface area (Å²) < 4.78 is 5.18. The van der Waals surface area contributed by atoms with Gasteiger partial charge in [0.2, 0.25) is 5.91 Å². The number of carbonyl (C=O) groups excluding carboxylic acids is 3. The number of nitrogens with one attached hydrogen (secondary N) is 2. The maximum absolute atomic E-state index is 12.5. The predicted octanol–water partition coefficient (Wildman–Crippen LogP) is 0.521. The average Bonchev–Trinajstić information content (AvgIpc) is 3.36. The van der Waals surface area contributed by atoms with Gasteiger partial charge >= 0.3 is 5.97 Å². The number of hydrogen-bond donors (Lipinski definition) is 3. The highest BCUT2D eigenvalue weighted by atomic mass is 32.1. The molecule has 1 aliphatic carbocycles. The van der Waals surface area contributed by atoms with E-state index in [4.69, 9.17) is 10.5 Å². The Hall–Kier alpha value is -1.93. The summed E-state index contributed by atoms with van der Waals surface area (Å²) in [4.78, 5) is 37.3. The first-order valence-corrected chi connectivity index (χ1v) is 10.1. The van der Waals surface area contributed by atoms with Gasteiger partial charge in [0.1, 0.15) is 5.00 Å². The summed E-state index contributed by atoms with van der Waals surface area (Å²) in [6.45, 7) is 3.78. The van der Waals surface area contributed by atoms with Crippen molar-refractivity contribution in [2.45, 2.75) is 38.5 Å². The molecule has 26 heavy (non-hydrogen) atoms. The van der Waals surface area contributed by atoms with E-state index in [1.165, 1.54) is 11.3 Å². The van der Waals surface area contributed by atoms with Crippen molar-refractivity contribution in [2.75, 3.05) is 31.6 Å².